The lowest BCUT2D eigenvalue weighted by Gasteiger charge is -2.28. The minimum atomic E-state index is 0.201. The third-order valence-electron chi connectivity index (χ3n) is 5.21. The van der Waals surface area contributed by atoms with Gasteiger partial charge in [-0.2, -0.15) is 0 Å². The highest BCUT2D eigenvalue weighted by molar-refractivity contribution is 9.10. The van der Waals surface area contributed by atoms with Gasteiger partial charge in [-0.15, -0.1) is 0 Å². The Bertz CT molecular complexity index is 810. The Kier molecular flexibility index (Phi) is 5.98. The Hall–Kier alpha value is -1.46. The number of hydrogen-bond acceptors (Lipinski definition) is 3. The second-order valence-corrected chi connectivity index (χ2v) is 8.88. The van der Waals surface area contributed by atoms with Gasteiger partial charge in [-0.25, -0.2) is 4.57 Å². The first-order valence-electron chi connectivity index (χ1n) is 9.52. The average molecular weight is 419 g/mol. The van der Waals surface area contributed by atoms with Gasteiger partial charge in [-0.1, -0.05) is 29.8 Å². The molecule has 3 N–H and O–H groups in total. The van der Waals surface area contributed by atoms with E-state index in [1.165, 1.54) is 0 Å². The summed E-state index contributed by atoms with van der Waals surface area (Å²) in [6, 6.07) is 6.93. The Morgan fingerprint density at radius 1 is 1.31 bits per heavy atom. The number of benzene rings is 1. The lowest BCUT2D eigenvalue weighted by Crippen LogP contribution is -2.35. The molecule has 5 heteroatoms. The molecule has 0 saturated heterocycles. The molecule has 1 fully saturated rings. The van der Waals surface area contributed by atoms with E-state index in [9.17, 15) is 4.79 Å². The van der Waals surface area contributed by atoms with E-state index >= 15 is 0 Å². The van der Waals surface area contributed by atoms with Crippen molar-refractivity contribution in [1.29, 1.82) is 0 Å². The van der Waals surface area contributed by atoms with Crippen LogP contribution in [0.3, 0.4) is 0 Å². The van der Waals surface area contributed by atoms with E-state index in [0.29, 0.717) is 24.4 Å². The number of nitrogens with one attached hydrogen (secondary N) is 1. The fourth-order valence-corrected chi connectivity index (χ4v) is 4.17. The summed E-state index contributed by atoms with van der Waals surface area (Å²) < 4.78 is 3.07. The maximum atomic E-state index is 13.0. The van der Waals surface area contributed by atoms with Crippen molar-refractivity contribution in [2.45, 2.75) is 58.0 Å². The molecule has 1 aliphatic carbocycles. The van der Waals surface area contributed by atoms with E-state index in [1.54, 1.807) is 0 Å². The van der Waals surface area contributed by atoms with Crippen molar-refractivity contribution in [3.8, 4) is 0 Å². The Morgan fingerprint density at radius 2 is 2.00 bits per heavy atom. The first-order valence-corrected chi connectivity index (χ1v) is 10.3. The van der Waals surface area contributed by atoms with E-state index in [1.807, 2.05) is 19.3 Å². The molecule has 0 spiro atoms. The first-order chi connectivity index (χ1) is 12.3. The molecule has 1 aromatic heterocycles. The molecule has 1 saturated carbocycles. The van der Waals surface area contributed by atoms with Gasteiger partial charge in [0.2, 0.25) is 5.52 Å². The second kappa shape index (κ2) is 8.05. The number of aryl methyl sites for hydroxylation is 1. The smallest absolute Gasteiger partial charge is 0.214 e. The number of rotatable bonds is 5. The highest BCUT2D eigenvalue weighted by Gasteiger charge is 2.25. The summed E-state index contributed by atoms with van der Waals surface area (Å²) in [7, 11) is 2.01. The number of carbonyl (C=O) groups excluding carboxylic acids is 1. The van der Waals surface area contributed by atoms with E-state index in [4.69, 9.17) is 5.73 Å². The van der Waals surface area contributed by atoms with Crippen LogP contribution < -0.4 is 15.6 Å². The number of halogens is 1. The zero-order valence-corrected chi connectivity index (χ0v) is 17.5. The van der Waals surface area contributed by atoms with Crippen LogP contribution in [0.1, 0.15) is 56.3 Å². The molecule has 0 radical (unpaired) electrons. The summed E-state index contributed by atoms with van der Waals surface area (Å²) in [6.07, 6.45) is 6.72. The van der Waals surface area contributed by atoms with Crippen LogP contribution in [-0.4, -0.2) is 17.9 Å². The Balaban J connectivity index is 2.07. The number of anilines is 1. The minimum Gasteiger partial charge on any atom is -0.381 e. The lowest BCUT2D eigenvalue weighted by atomic mass is 9.91. The van der Waals surface area contributed by atoms with E-state index in [-0.39, 0.29) is 5.78 Å². The number of ketones is 1. The fraction of sp³-hybridized carbons (Fsp3) is 0.524. The molecular formula is C21H29BrN3O+. The summed E-state index contributed by atoms with van der Waals surface area (Å²) in [5.74, 6) is 0.541. The molecule has 1 heterocycles. The number of nitrogens with zero attached hydrogens (tertiary/aromatic N) is 1. The monoisotopic (exact) mass is 418 g/mol. The van der Waals surface area contributed by atoms with Gasteiger partial charge in [0.05, 0.1) is 11.1 Å². The van der Waals surface area contributed by atoms with Gasteiger partial charge >= 0.3 is 0 Å². The molecule has 1 aromatic carbocycles. The van der Waals surface area contributed by atoms with Gasteiger partial charge in [0.25, 0.3) is 0 Å². The van der Waals surface area contributed by atoms with Crippen LogP contribution >= 0.6 is 15.9 Å². The molecular weight excluding hydrogens is 390 g/mol. The lowest BCUT2D eigenvalue weighted by molar-refractivity contribution is -0.644. The number of fused-ring (bicyclic) bond motifs is 1. The number of pyridine rings is 1. The van der Waals surface area contributed by atoms with E-state index in [0.717, 1.165) is 52.3 Å². The molecule has 3 rings (SSSR count). The molecule has 26 heavy (non-hydrogen) atoms. The van der Waals surface area contributed by atoms with Crippen molar-refractivity contribution in [2.24, 2.45) is 18.7 Å². The number of hydrogen-bond donors (Lipinski definition) is 2. The minimum absolute atomic E-state index is 0.201. The Labute approximate surface area is 164 Å². The quantitative estimate of drug-likeness (QED) is 0.560. The van der Waals surface area contributed by atoms with Crippen molar-refractivity contribution in [2.75, 3.05) is 5.32 Å². The largest absolute Gasteiger partial charge is 0.381 e. The standard InChI is InChI=1S/C21H28BrN3O/c1-13(2)10-20(26)18-12-25(3)19-9-4-14(22)11-17(19)21(18)24-16-7-5-15(23)6-8-16/h4,9,11-13,15-16H,5-8,10,23H2,1-3H3/p+1. The molecule has 140 valence electrons. The third kappa shape index (κ3) is 4.26. The number of Topliss-reactive ketones (excluding diaryl/α,β-unsaturated/α-hetero) is 1. The molecule has 0 bridgehead atoms. The zero-order chi connectivity index (χ0) is 18.8. The second-order valence-electron chi connectivity index (χ2n) is 7.97. The van der Waals surface area contributed by atoms with E-state index < -0.39 is 0 Å². The summed E-state index contributed by atoms with van der Waals surface area (Å²) in [4.78, 5) is 13.0. The van der Waals surface area contributed by atoms with Gasteiger partial charge in [0.1, 0.15) is 12.6 Å². The molecule has 2 aromatic rings. The van der Waals surface area contributed by atoms with E-state index in [2.05, 4.69) is 51.8 Å². The highest BCUT2D eigenvalue weighted by Crippen LogP contribution is 2.31. The molecule has 0 unspecified atom stereocenters. The maximum absolute atomic E-state index is 13.0. The molecule has 0 atom stereocenters. The Morgan fingerprint density at radius 3 is 2.65 bits per heavy atom. The molecule has 0 aliphatic heterocycles. The number of aromatic nitrogens is 1. The summed E-state index contributed by atoms with van der Waals surface area (Å²) in [6.45, 7) is 4.18. The SMILES string of the molecule is CC(C)CC(=O)c1c[n+](C)c2ccc(Br)cc2c1NC1CCC(N)CC1. The van der Waals surface area contributed by atoms with Gasteiger partial charge in [-0.3, -0.25) is 4.79 Å². The van der Waals surface area contributed by atoms with Gasteiger partial charge in [0.15, 0.2) is 12.0 Å². The van der Waals surface area contributed by atoms with Crippen molar-refractivity contribution in [3.05, 3.63) is 34.4 Å². The van der Waals surface area contributed by atoms with Crippen LogP contribution in [0.15, 0.2) is 28.9 Å². The van der Waals surface area contributed by atoms with Crippen molar-refractivity contribution in [1.82, 2.24) is 0 Å². The summed E-state index contributed by atoms with van der Waals surface area (Å²) in [5.41, 5.74) is 8.95. The number of carbonyl (C=O) groups is 1. The predicted molar refractivity (Wildman–Crippen MR) is 110 cm³/mol. The summed E-state index contributed by atoms with van der Waals surface area (Å²) in [5, 5.41) is 4.80. The average Bonchev–Trinajstić information content (AvgIpc) is 2.58. The van der Waals surface area contributed by atoms with Crippen molar-refractivity contribution >= 4 is 38.3 Å². The van der Waals surface area contributed by atoms with Gasteiger partial charge in [-0.05, 0) is 43.7 Å². The molecule has 0 amide bonds. The number of nitrogens with two attached hydrogens (primary N) is 1. The highest BCUT2D eigenvalue weighted by atomic mass is 79.9. The first kappa shape index (κ1) is 19.3. The van der Waals surface area contributed by atoms with Gasteiger partial charge in [0, 0.05) is 29.0 Å². The third-order valence-corrected chi connectivity index (χ3v) is 5.71. The van der Waals surface area contributed by atoms with Gasteiger partial charge < -0.3 is 11.1 Å². The predicted octanol–water partition coefficient (Wildman–Crippen LogP) is 4.34. The van der Waals surface area contributed by atoms with Crippen LogP contribution in [-0.2, 0) is 7.05 Å². The van der Waals surface area contributed by atoms with Crippen LogP contribution in [0.25, 0.3) is 10.9 Å². The fourth-order valence-electron chi connectivity index (χ4n) is 3.80. The summed E-state index contributed by atoms with van der Waals surface area (Å²) >= 11 is 3.59. The topological polar surface area (TPSA) is 59.0 Å². The van der Waals surface area contributed by atoms with Crippen LogP contribution in [0, 0.1) is 5.92 Å². The normalized spacial score (nSPS) is 20.5. The zero-order valence-electron chi connectivity index (χ0n) is 15.9. The maximum Gasteiger partial charge on any atom is 0.214 e. The van der Waals surface area contributed by atoms with Crippen molar-refractivity contribution in [3.63, 3.8) is 0 Å². The van der Waals surface area contributed by atoms with Crippen LogP contribution in [0.4, 0.5) is 5.69 Å². The van der Waals surface area contributed by atoms with Crippen LogP contribution in [0.2, 0.25) is 0 Å². The molecule has 4 nitrogen and oxygen atoms in total. The van der Waals surface area contributed by atoms with Crippen molar-refractivity contribution < 1.29 is 9.36 Å². The van der Waals surface area contributed by atoms with Crippen LogP contribution in [0.5, 0.6) is 0 Å². The molecule has 1 aliphatic rings.